The standard InChI is InChI=1S/C20H27N3O4/c1-14(2)19(21)20(26)22-11-18(25)23(12-15-7-4-3-5-8-15)13-16(24)17-9-6-10-27-17/h3-10,14,16,19,24H,11-13,21H2,1-2H3,(H,22,26)/t16?,19-/m0/s1. The minimum absolute atomic E-state index is 0.0266. The first kappa shape index (κ1) is 20.7. The van der Waals surface area contributed by atoms with Gasteiger partial charge in [0.1, 0.15) is 11.9 Å². The maximum absolute atomic E-state index is 12.7. The zero-order valence-electron chi connectivity index (χ0n) is 15.7. The zero-order chi connectivity index (χ0) is 19.8. The van der Waals surface area contributed by atoms with E-state index in [0.29, 0.717) is 12.3 Å². The first-order chi connectivity index (χ1) is 12.9. The van der Waals surface area contributed by atoms with Crippen molar-refractivity contribution in [2.45, 2.75) is 32.5 Å². The molecule has 0 saturated heterocycles. The summed E-state index contributed by atoms with van der Waals surface area (Å²) in [4.78, 5) is 26.2. The molecule has 1 heterocycles. The van der Waals surface area contributed by atoms with E-state index in [4.69, 9.17) is 10.2 Å². The molecule has 1 unspecified atom stereocenters. The summed E-state index contributed by atoms with van der Waals surface area (Å²) < 4.78 is 5.21. The third-order valence-corrected chi connectivity index (χ3v) is 4.27. The quantitative estimate of drug-likeness (QED) is 0.616. The summed E-state index contributed by atoms with van der Waals surface area (Å²) in [5.41, 5.74) is 6.72. The lowest BCUT2D eigenvalue weighted by atomic mass is 10.1. The minimum Gasteiger partial charge on any atom is -0.467 e. The molecule has 0 bridgehead atoms. The third-order valence-electron chi connectivity index (χ3n) is 4.27. The molecule has 2 atom stereocenters. The summed E-state index contributed by atoms with van der Waals surface area (Å²) in [5.74, 6) is -0.327. The Hall–Kier alpha value is -2.64. The molecule has 1 aromatic carbocycles. The Morgan fingerprint density at radius 3 is 2.48 bits per heavy atom. The second-order valence-corrected chi connectivity index (χ2v) is 6.78. The lowest BCUT2D eigenvalue weighted by Crippen LogP contribution is -2.48. The largest absolute Gasteiger partial charge is 0.467 e. The molecule has 0 aliphatic rings. The summed E-state index contributed by atoms with van der Waals surface area (Å²) in [6.45, 7) is 3.86. The van der Waals surface area contributed by atoms with Crippen molar-refractivity contribution in [3.05, 3.63) is 60.1 Å². The van der Waals surface area contributed by atoms with Crippen LogP contribution in [0.4, 0.5) is 0 Å². The van der Waals surface area contributed by atoms with E-state index in [9.17, 15) is 14.7 Å². The van der Waals surface area contributed by atoms with Gasteiger partial charge in [-0.2, -0.15) is 0 Å². The average molecular weight is 373 g/mol. The number of amides is 2. The lowest BCUT2D eigenvalue weighted by molar-refractivity contribution is -0.135. The van der Waals surface area contributed by atoms with Crippen LogP contribution in [0.2, 0.25) is 0 Å². The predicted molar refractivity (Wildman–Crippen MR) is 101 cm³/mol. The van der Waals surface area contributed by atoms with Crippen molar-refractivity contribution in [3.8, 4) is 0 Å². The molecule has 2 aromatic rings. The van der Waals surface area contributed by atoms with E-state index in [-0.39, 0.29) is 30.8 Å². The van der Waals surface area contributed by atoms with Crippen LogP contribution in [0.5, 0.6) is 0 Å². The van der Waals surface area contributed by atoms with E-state index in [1.54, 1.807) is 12.1 Å². The summed E-state index contributed by atoms with van der Waals surface area (Å²) in [7, 11) is 0. The van der Waals surface area contributed by atoms with Gasteiger partial charge in [0.2, 0.25) is 11.8 Å². The van der Waals surface area contributed by atoms with E-state index < -0.39 is 12.1 Å². The number of benzene rings is 1. The number of furan rings is 1. The molecule has 7 nitrogen and oxygen atoms in total. The van der Waals surface area contributed by atoms with Crippen molar-refractivity contribution in [2.24, 2.45) is 11.7 Å². The van der Waals surface area contributed by atoms with Crippen LogP contribution in [0.25, 0.3) is 0 Å². The number of nitrogens with zero attached hydrogens (tertiary/aromatic N) is 1. The second-order valence-electron chi connectivity index (χ2n) is 6.78. The first-order valence-electron chi connectivity index (χ1n) is 8.95. The molecule has 4 N–H and O–H groups in total. The SMILES string of the molecule is CC(C)[C@H](N)C(=O)NCC(=O)N(Cc1ccccc1)CC(O)c1ccco1. The molecule has 2 amide bonds. The molecule has 0 radical (unpaired) electrons. The fraction of sp³-hybridized carbons (Fsp3) is 0.400. The Morgan fingerprint density at radius 1 is 1.19 bits per heavy atom. The molecule has 0 fully saturated rings. The summed E-state index contributed by atoms with van der Waals surface area (Å²) in [6, 6.07) is 12.1. The van der Waals surface area contributed by atoms with Crippen molar-refractivity contribution >= 4 is 11.8 Å². The molecular weight excluding hydrogens is 346 g/mol. The lowest BCUT2D eigenvalue weighted by Gasteiger charge is -2.25. The van der Waals surface area contributed by atoms with E-state index in [1.807, 2.05) is 44.2 Å². The topological polar surface area (TPSA) is 109 Å². The van der Waals surface area contributed by atoms with Crippen LogP contribution in [0.1, 0.15) is 31.3 Å². The fourth-order valence-electron chi connectivity index (χ4n) is 2.53. The Balaban J connectivity index is 2.03. The highest BCUT2D eigenvalue weighted by atomic mass is 16.4. The van der Waals surface area contributed by atoms with Gasteiger partial charge in [-0.05, 0) is 23.6 Å². The van der Waals surface area contributed by atoms with Gasteiger partial charge in [0, 0.05) is 6.54 Å². The number of aliphatic hydroxyl groups is 1. The van der Waals surface area contributed by atoms with Gasteiger partial charge in [0.05, 0.1) is 25.4 Å². The smallest absolute Gasteiger partial charge is 0.242 e. The Labute approximate surface area is 159 Å². The van der Waals surface area contributed by atoms with Gasteiger partial charge < -0.3 is 25.5 Å². The van der Waals surface area contributed by atoms with Gasteiger partial charge in [-0.15, -0.1) is 0 Å². The second kappa shape index (κ2) is 9.89. The zero-order valence-corrected chi connectivity index (χ0v) is 15.7. The molecule has 7 heteroatoms. The van der Waals surface area contributed by atoms with E-state index in [2.05, 4.69) is 5.32 Å². The number of carbonyl (C=O) groups excluding carboxylic acids is 2. The molecule has 0 aliphatic heterocycles. The summed E-state index contributed by atoms with van der Waals surface area (Å²) in [6.07, 6.45) is 0.511. The van der Waals surface area contributed by atoms with Crippen LogP contribution in [-0.2, 0) is 16.1 Å². The van der Waals surface area contributed by atoms with E-state index in [0.717, 1.165) is 5.56 Å². The van der Waals surface area contributed by atoms with E-state index in [1.165, 1.54) is 11.2 Å². The maximum atomic E-state index is 12.7. The number of nitrogens with one attached hydrogen (secondary N) is 1. The molecule has 0 aliphatic carbocycles. The van der Waals surface area contributed by atoms with Gasteiger partial charge in [-0.3, -0.25) is 9.59 Å². The fourth-order valence-corrected chi connectivity index (χ4v) is 2.53. The Morgan fingerprint density at radius 2 is 1.89 bits per heavy atom. The Bertz CT molecular complexity index is 716. The van der Waals surface area contributed by atoms with Crippen LogP contribution >= 0.6 is 0 Å². The van der Waals surface area contributed by atoms with Crippen molar-refractivity contribution in [3.63, 3.8) is 0 Å². The number of hydrogen-bond acceptors (Lipinski definition) is 5. The number of nitrogens with two attached hydrogens (primary N) is 1. The summed E-state index contributed by atoms with van der Waals surface area (Å²) >= 11 is 0. The molecule has 146 valence electrons. The molecular formula is C20H27N3O4. The molecule has 27 heavy (non-hydrogen) atoms. The van der Waals surface area contributed by atoms with Crippen molar-refractivity contribution in [1.29, 1.82) is 0 Å². The van der Waals surface area contributed by atoms with Crippen molar-refractivity contribution in [2.75, 3.05) is 13.1 Å². The van der Waals surface area contributed by atoms with Gasteiger partial charge in [-0.25, -0.2) is 0 Å². The summed E-state index contributed by atoms with van der Waals surface area (Å²) in [5, 5.41) is 12.9. The van der Waals surface area contributed by atoms with Crippen molar-refractivity contribution < 1.29 is 19.1 Å². The molecule has 1 aromatic heterocycles. The van der Waals surface area contributed by atoms with Gasteiger partial charge >= 0.3 is 0 Å². The first-order valence-corrected chi connectivity index (χ1v) is 8.95. The van der Waals surface area contributed by atoms with E-state index >= 15 is 0 Å². The normalized spacial score (nSPS) is 13.2. The highest BCUT2D eigenvalue weighted by molar-refractivity contribution is 5.87. The van der Waals surface area contributed by atoms with Crippen LogP contribution in [0.3, 0.4) is 0 Å². The van der Waals surface area contributed by atoms with Crippen LogP contribution in [-0.4, -0.2) is 41.0 Å². The van der Waals surface area contributed by atoms with Crippen LogP contribution < -0.4 is 11.1 Å². The van der Waals surface area contributed by atoms with Crippen molar-refractivity contribution in [1.82, 2.24) is 10.2 Å². The predicted octanol–water partition coefficient (Wildman–Crippen LogP) is 1.44. The number of carbonyl (C=O) groups is 2. The highest BCUT2D eigenvalue weighted by Crippen LogP contribution is 2.16. The maximum Gasteiger partial charge on any atom is 0.242 e. The Kier molecular flexibility index (Phi) is 7.57. The number of aliphatic hydroxyl groups excluding tert-OH is 1. The average Bonchev–Trinajstić information content (AvgIpc) is 3.20. The van der Waals surface area contributed by atoms with Crippen LogP contribution in [0, 0.1) is 5.92 Å². The van der Waals surface area contributed by atoms with Gasteiger partial charge in [0.25, 0.3) is 0 Å². The van der Waals surface area contributed by atoms with Gasteiger partial charge in [-0.1, -0.05) is 44.2 Å². The highest BCUT2D eigenvalue weighted by Gasteiger charge is 2.23. The van der Waals surface area contributed by atoms with Gasteiger partial charge in [0.15, 0.2) is 0 Å². The van der Waals surface area contributed by atoms with Crippen LogP contribution in [0.15, 0.2) is 53.1 Å². The molecule has 0 saturated carbocycles. The monoisotopic (exact) mass is 373 g/mol. The third kappa shape index (κ3) is 6.23. The molecule has 0 spiro atoms. The number of hydrogen-bond donors (Lipinski definition) is 3. The molecule has 2 rings (SSSR count). The minimum atomic E-state index is -0.957. The number of rotatable bonds is 9.